The number of cyclic esters (lactones) is 1. The lowest BCUT2D eigenvalue weighted by Crippen LogP contribution is -2.28. The highest BCUT2D eigenvalue weighted by atomic mass is 16.5. The lowest BCUT2D eigenvalue weighted by molar-refractivity contribution is 0.0449. The van der Waals surface area contributed by atoms with Crippen LogP contribution in [-0.2, 0) is 11.3 Å². The number of aryl methyl sites for hydroxylation is 1. The van der Waals surface area contributed by atoms with Crippen LogP contribution in [0.4, 0.5) is 0 Å². The number of ether oxygens (including phenoxy) is 1. The minimum Gasteiger partial charge on any atom is -0.507 e. The fourth-order valence-electron chi connectivity index (χ4n) is 2.75. The van der Waals surface area contributed by atoms with E-state index >= 15 is 0 Å². The summed E-state index contributed by atoms with van der Waals surface area (Å²) in [4.78, 5) is 24.5. The Morgan fingerprint density at radius 2 is 2.00 bits per heavy atom. The van der Waals surface area contributed by atoms with E-state index in [9.17, 15) is 14.7 Å². The number of nitrogens with zero attached hydrogens (tertiary/aromatic N) is 1. The molecule has 0 spiro atoms. The Kier molecular flexibility index (Phi) is 3.46. The number of aliphatic hydroxyl groups excluding tert-OH is 1. The summed E-state index contributed by atoms with van der Waals surface area (Å²) >= 11 is 0. The van der Waals surface area contributed by atoms with Gasteiger partial charge in [-0.3, -0.25) is 4.79 Å². The molecule has 114 valence electrons. The first-order chi connectivity index (χ1) is 10.5. The molecule has 1 aromatic carbocycles. The Bertz CT molecular complexity index is 809. The number of aliphatic hydroxyl groups is 1. The Morgan fingerprint density at radius 1 is 1.27 bits per heavy atom. The molecular weight excluding hydrogens is 286 g/mol. The molecule has 2 N–H and O–H groups in total. The van der Waals surface area contributed by atoms with E-state index in [1.165, 1.54) is 10.6 Å². The van der Waals surface area contributed by atoms with Crippen LogP contribution in [0.3, 0.4) is 0 Å². The van der Waals surface area contributed by atoms with E-state index in [1.54, 1.807) is 31.2 Å². The van der Waals surface area contributed by atoms with Crippen molar-refractivity contribution in [2.24, 2.45) is 0 Å². The maximum atomic E-state index is 12.6. The Morgan fingerprint density at radius 3 is 2.73 bits per heavy atom. The van der Waals surface area contributed by atoms with E-state index in [0.29, 0.717) is 16.8 Å². The van der Waals surface area contributed by atoms with Crippen molar-refractivity contribution in [2.45, 2.75) is 19.6 Å². The van der Waals surface area contributed by atoms with Gasteiger partial charge in [-0.2, -0.15) is 0 Å². The van der Waals surface area contributed by atoms with Crippen LogP contribution in [0, 0.1) is 6.92 Å². The second-order valence-electron chi connectivity index (χ2n) is 5.14. The number of fused-ring (bicyclic) bond motifs is 1. The number of carbonyl (C=O) groups is 1. The number of pyridine rings is 1. The van der Waals surface area contributed by atoms with Crippen molar-refractivity contribution in [3.05, 3.63) is 63.1 Å². The Hall–Kier alpha value is -2.60. The first-order valence-electron chi connectivity index (χ1n) is 6.88. The summed E-state index contributed by atoms with van der Waals surface area (Å²) in [6, 6.07) is 8.20. The van der Waals surface area contributed by atoms with Crippen LogP contribution in [-0.4, -0.2) is 27.4 Å². The van der Waals surface area contributed by atoms with E-state index < -0.39 is 17.6 Å². The van der Waals surface area contributed by atoms with Crippen molar-refractivity contribution >= 4 is 5.97 Å². The molecule has 0 fully saturated rings. The van der Waals surface area contributed by atoms with Gasteiger partial charge in [-0.1, -0.05) is 18.2 Å². The molecule has 1 atom stereocenters. The van der Waals surface area contributed by atoms with Crippen molar-refractivity contribution in [3.8, 4) is 5.75 Å². The third-order valence-corrected chi connectivity index (χ3v) is 3.80. The van der Waals surface area contributed by atoms with Gasteiger partial charge in [-0.25, -0.2) is 4.79 Å². The normalized spacial score (nSPS) is 16.5. The number of esters is 1. The van der Waals surface area contributed by atoms with Gasteiger partial charge in [0.05, 0.1) is 12.2 Å². The summed E-state index contributed by atoms with van der Waals surface area (Å²) in [5.41, 5.74) is 1.01. The molecule has 2 aromatic rings. The van der Waals surface area contributed by atoms with Gasteiger partial charge in [0.2, 0.25) is 0 Å². The zero-order chi connectivity index (χ0) is 15.9. The number of carbonyl (C=O) groups excluding carboxylic acids is 1. The number of hydrogen-bond acceptors (Lipinski definition) is 5. The topological polar surface area (TPSA) is 88.8 Å². The van der Waals surface area contributed by atoms with Crippen LogP contribution in [0.1, 0.15) is 33.3 Å². The SMILES string of the molecule is Cc1cc(O)c([C@@H]2OC(=O)c3ccccc32)c(=O)n1CCO. The number of benzene rings is 1. The summed E-state index contributed by atoms with van der Waals surface area (Å²) in [6.45, 7) is 1.57. The summed E-state index contributed by atoms with van der Waals surface area (Å²) in [5, 5.41) is 19.3. The standard InChI is InChI=1S/C16H15NO5/c1-9-8-12(19)13(15(20)17(9)6-7-18)14-10-4-2-3-5-11(10)16(21)22-14/h2-5,8,14,18-19H,6-7H2,1H3/t14-/m1/s1. The van der Waals surface area contributed by atoms with Crippen molar-refractivity contribution in [1.29, 1.82) is 0 Å². The highest BCUT2D eigenvalue weighted by Gasteiger charge is 2.35. The summed E-state index contributed by atoms with van der Waals surface area (Å²) in [6.07, 6.45) is -0.929. The third-order valence-electron chi connectivity index (χ3n) is 3.80. The highest BCUT2D eigenvalue weighted by molar-refractivity contribution is 5.94. The van der Waals surface area contributed by atoms with E-state index in [1.807, 2.05) is 0 Å². The molecule has 0 radical (unpaired) electrons. The van der Waals surface area contributed by atoms with Gasteiger partial charge in [0.25, 0.3) is 5.56 Å². The molecule has 1 aliphatic heterocycles. The summed E-state index contributed by atoms with van der Waals surface area (Å²) in [5.74, 6) is -0.736. The molecule has 0 saturated heterocycles. The average molecular weight is 301 g/mol. The van der Waals surface area contributed by atoms with Crippen LogP contribution >= 0.6 is 0 Å². The van der Waals surface area contributed by atoms with Gasteiger partial charge < -0.3 is 19.5 Å². The van der Waals surface area contributed by atoms with Crippen LogP contribution in [0.15, 0.2) is 35.1 Å². The van der Waals surface area contributed by atoms with Crippen LogP contribution in [0.5, 0.6) is 5.75 Å². The number of hydrogen-bond donors (Lipinski definition) is 2. The fraction of sp³-hybridized carbons (Fsp3) is 0.250. The van der Waals surface area contributed by atoms with Crippen LogP contribution in [0.25, 0.3) is 0 Å². The minimum absolute atomic E-state index is 0.0114. The van der Waals surface area contributed by atoms with Crippen molar-refractivity contribution in [1.82, 2.24) is 4.57 Å². The molecule has 2 heterocycles. The maximum absolute atomic E-state index is 12.6. The second-order valence-corrected chi connectivity index (χ2v) is 5.14. The van der Waals surface area contributed by atoms with E-state index in [0.717, 1.165) is 0 Å². The smallest absolute Gasteiger partial charge is 0.339 e. The first-order valence-corrected chi connectivity index (χ1v) is 6.88. The van der Waals surface area contributed by atoms with Crippen molar-refractivity contribution in [3.63, 3.8) is 0 Å². The number of rotatable bonds is 3. The molecule has 22 heavy (non-hydrogen) atoms. The molecule has 3 rings (SSSR count). The first kappa shape index (κ1) is 14.3. The predicted octanol–water partition coefficient (Wildman–Crippen LogP) is 1.11. The number of aromatic hydroxyl groups is 1. The van der Waals surface area contributed by atoms with E-state index in [-0.39, 0.29) is 24.5 Å². The van der Waals surface area contributed by atoms with Crippen molar-refractivity contribution < 1.29 is 19.7 Å². The molecule has 0 unspecified atom stereocenters. The van der Waals surface area contributed by atoms with Gasteiger partial charge in [0.15, 0.2) is 6.10 Å². The minimum atomic E-state index is -0.929. The van der Waals surface area contributed by atoms with E-state index in [2.05, 4.69) is 0 Å². The summed E-state index contributed by atoms with van der Waals surface area (Å²) < 4.78 is 6.63. The van der Waals surface area contributed by atoms with Gasteiger partial charge >= 0.3 is 5.97 Å². The average Bonchev–Trinajstić information content (AvgIpc) is 2.81. The molecule has 1 aliphatic rings. The molecule has 0 aliphatic carbocycles. The van der Waals surface area contributed by atoms with Gasteiger partial charge in [-0.05, 0) is 19.1 Å². The van der Waals surface area contributed by atoms with Crippen molar-refractivity contribution in [2.75, 3.05) is 6.61 Å². The lowest BCUT2D eigenvalue weighted by Gasteiger charge is -2.16. The monoisotopic (exact) mass is 301 g/mol. The lowest BCUT2D eigenvalue weighted by atomic mass is 9.99. The Labute approximate surface area is 126 Å². The van der Waals surface area contributed by atoms with Gasteiger partial charge in [0, 0.05) is 17.8 Å². The largest absolute Gasteiger partial charge is 0.507 e. The second kappa shape index (κ2) is 5.31. The van der Waals surface area contributed by atoms with E-state index in [4.69, 9.17) is 9.84 Å². The van der Waals surface area contributed by atoms with Crippen LogP contribution in [0.2, 0.25) is 0 Å². The molecule has 6 heteroatoms. The Balaban J connectivity index is 2.20. The maximum Gasteiger partial charge on any atom is 0.339 e. The molecule has 0 bridgehead atoms. The molecular formula is C16H15NO5. The van der Waals surface area contributed by atoms with Gasteiger partial charge in [-0.15, -0.1) is 0 Å². The predicted molar refractivity (Wildman–Crippen MR) is 77.9 cm³/mol. The zero-order valence-electron chi connectivity index (χ0n) is 11.9. The summed E-state index contributed by atoms with van der Waals surface area (Å²) in [7, 11) is 0. The zero-order valence-corrected chi connectivity index (χ0v) is 11.9. The fourth-order valence-corrected chi connectivity index (χ4v) is 2.75. The third kappa shape index (κ3) is 2.08. The quantitative estimate of drug-likeness (QED) is 0.829. The van der Waals surface area contributed by atoms with Gasteiger partial charge in [0.1, 0.15) is 11.3 Å². The highest BCUT2D eigenvalue weighted by Crippen LogP contribution is 2.37. The molecule has 0 saturated carbocycles. The molecule has 1 aromatic heterocycles. The molecule has 6 nitrogen and oxygen atoms in total. The number of aromatic nitrogens is 1. The van der Waals surface area contributed by atoms with Crippen LogP contribution < -0.4 is 5.56 Å². The molecule has 0 amide bonds.